The van der Waals surface area contributed by atoms with Crippen molar-refractivity contribution in [3.63, 3.8) is 0 Å². The van der Waals surface area contributed by atoms with Crippen molar-refractivity contribution in [2.24, 2.45) is 0 Å². The van der Waals surface area contributed by atoms with Crippen molar-refractivity contribution in [2.75, 3.05) is 20.3 Å². The number of methoxy groups -OCH3 is 1. The van der Waals surface area contributed by atoms with E-state index in [0.717, 1.165) is 0 Å². The van der Waals surface area contributed by atoms with Gasteiger partial charge in [-0.3, -0.25) is 0 Å². The number of halogens is 1. The predicted molar refractivity (Wildman–Crippen MR) is 100 cm³/mol. The van der Waals surface area contributed by atoms with Gasteiger partial charge in [0.1, 0.15) is 11.6 Å². The molecule has 2 aromatic heterocycles. The highest BCUT2D eigenvalue weighted by Crippen LogP contribution is 2.37. The molecule has 29 heavy (non-hydrogen) atoms. The SMILES string of the molecule is CCOC(=O)COc1ncc(Oc2ncccc2-c2ccc(F)cc2OC)cn1. The first-order chi connectivity index (χ1) is 14.1. The Labute approximate surface area is 166 Å². The van der Waals surface area contributed by atoms with Gasteiger partial charge in [0.25, 0.3) is 0 Å². The molecule has 9 heteroatoms. The van der Waals surface area contributed by atoms with Crippen molar-refractivity contribution in [3.05, 3.63) is 54.7 Å². The maximum Gasteiger partial charge on any atom is 0.344 e. The summed E-state index contributed by atoms with van der Waals surface area (Å²) in [7, 11) is 1.46. The van der Waals surface area contributed by atoms with E-state index in [4.69, 9.17) is 18.9 Å². The van der Waals surface area contributed by atoms with Gasteiger partial charge < -0.3 is 18.9 Å². The Morgan fingerprint density at radius 3 is 2.62 bits per heavy atom. The molecule has 0 saturated heterocycles. The molecule has 8 nitrogen and oxygen atoms in total. The molecule has 0 unspecified atom stereocenters. The lowest BCUT2D eigenvalue weighted by Gasteiger charge is -2.13. The molecule has 0 spiro atoms. The number of benzene rings is 1. The zero-order chi connectivity index (χ0) is 20.6. The number of pyridine rings is 1. The van der Waals surface area contributed by atoms with Gasteiger partial charge in [0.15, 0.2) is 12.4 Å². The number of carbonyl (C=O) groups is 1. The monoisotopic (exact) mass is 399 g/mol. The molecule has 150 valence electrons. The Balaban J connectivity index is 1.77. The minimum atomic E-state index is -0.511. The third-order valence-electron chi connectivity index (χ3n) is 3.67. The second-order valence-electron chi connectivity index (χ2n) is 5.60. The molecule has 0 aliphatic carbocycles. The van der Waals surface area contributed by atoms with Crippen LogP contribution in [0.3, 0.4) is 0 Å². The maximum absolute atomic E-state index is 13.5. The molecule has 0 atom stereocenters. The second kappa shape index (κ2) is 9.45. The predicted octanol–water partition coefficient (Wildman–Crippen LogP) is 3.42. The van der Waals surface area contributed by atoms with Crippen LogP contribution in [0.5, 0.6) is 23.4 Å². The first-order valence-electron chi connectivity index (χ1n) is 8.68. The lowest BCUT2D eigenvalue weighted by molar-refractivity contribution is -0.145. The summed E-state index contributed by atoms with van der Waals surface area (Å²) < 4.78 is 34.5. The summed E-state index contributed by atoms with van der Waals surface area (Å²) in [4.78, 5) is 23.5. The van der Waals surface area contributed by atoms with Crippen LogP contribution in [0, 0.1) is 5.82 Å². The van der Waals surface area contributed by atoms with Crippen LogP contribution >= 0.6 is 0 Å². The molecule has 3 rings (SSSR count). The van der Waals surface area contributed by atoms with Gasteiger partial charge in [-0.05, 0) is 31.2 Å². The van der Waals surface area contributed by atoms with Gasteiger partial charge in [0, 0.05) is 23.4 Å². The zero-order valence-corrected chi connectivity index (χ0v) is 15.8. The molecule has 0 amide bonds. The topological polar surface area (TPSA) is 92.7 Å². The molecule has 0 aliphatic heterocycles. The molecular formula is C20H18FN3O5. The average molecular weight is 399 g/mol. The summed E-state index contributed by atoms with van der Waals surface area (Å²) in [6.07, 6.45) is 4.33. The molecule has 0 radical (unpaired) electrons. The van der Waals surface area contributed by atoms with E-state index in [1.807, 2.05) is 0 Å². The summed E-state index contributed by atoms with van der Waals surface area (Å²) in [5.41, 5.74) is 1.22. The van der Waals surface area contributed by atoms with Gasteiger partial charge in [-0.2, -0.15) is 9.97 Å². The minimum absolute atomic E-state index is 0.00634. The Morgan fingerprint density at radius 1 is 1.10 bits per heavy atom. The second-order valence-corrected chi connectivity index (χ2v) is 5.60. The Morgan fingerprint density at radius 2 is 1.90 bits per heavy atom. The van der Waals surface area contributed by atoms with Gasteiger partial charge in [0.2, 0.25) is 5.88 Å². The standard InChI is InChI=1S/C20H18FN3O5/c1-3-27-18(25)12-28-20-23-10-14(11-24-20)29-19-16(5-4-8-22-19)15-7-6-13(21)9-17(15)26-2/h4-11H,3,12H2,1-2H3. The van der Waals surface area contributed by atoms with Crippen LogP contribution in [0.4, 0.5) is 4.39 Å². The summed E-state index contributed by atoms with van der Waals surface area (Å²) in [6.45, 7) is 1.68. The average Bonchev–Trinajstić information content (AvgIpc) is 2.74. The molecule has 0 N–H and O–H groups in total. The van der Waals surface area contributed by atoms with Gasteiger partial charge >= 0.3 is 12.0 Å². The largest absolute Gasteiger partial charge is 0.496 e. The molecule has 0 bridgehead atoms. The number of carbonyl (C=O) groups excluding carboxylic acids is 1. The molecule has 2 heterocycles. The molecular weight excluding hydrogens is 381 g/mol. The number of nitrogens with zero attached hydrogens (tertiary/aromatic N) is 3. The molecule has 0 aliphatic rings. The van der Waals surface area contributed by atoms with E-state index in [0.29, 0.717) is 22.6 Å². The third kappa shape index (κ3) is 5.16. The maximum atomic E-state index is 13.5. The first-order valence-corrected chi connectivity index (χ1v) is 8.68. The number of hydrogen-bond donors (Lipinski definition) is 0. The summed E-state index contributed by atoms with van der Waals surface area (Å²) in [5, 5.41) is 0. The van der Waals surface area contributed by atoms with Gasteiger partial charge in [0.05, 0.1) is 26.1 Å². The molecule has 0 fully saturated rings. The van der Waals surface area contributed by atoms with E-state index in [2.05, 4.69) is 15.0 Å². The van der Waals surface area contributed by atoms with Crippen molar-refractivity contribution in [1.82, 2.24) is 15.0 Å². The van der Waals surface area contributed by atoms with Gasteiger partial charge in [-0.1, -0.05) is 0 Å². The van der Waals surface area contributed by atoms with Crippen molar-refractivity contribution < 1.29 is 28.1 Å². The van der Waals surface area contributed by atoms with Crippen LogP contribution in [0.25, 0.3) is 11.1 Å². The molecule has 3 aromatic rings. The van der Waals surface area contributed by atoms with Crippen molar-refractivity contribution in [1.29, 1.82) is 0 Å². The van der Waals surface area contributed by atoms with Crippen molar-refractivity contribution in [2.45, 2.75) is 6.92 Å². The summed E-state index contributed by atoms with van der Waals surface area (Å²) in [6, 6.07) is 7.70. The Hall–Kier alpha value is -3.75. The number of esters is 1. The van der Waals surface area contributed by atoms with Crippen LogP contribution in [0.1, 0.15) is 6.92 Å². The fourth-order valence-corrected chi connectivity index (χ4v) is 2.43. The number of hydrogen-bond acceptors (Lipinski definition) is 8. The van der Waals surface area contributed by atoms with E-state index >= 15 is 0 Å². The molecule has 0 saturated carbocycles. The zero-order valence-electron chi connectivity index (χ0n) is 15.8. The quantitative estimate of drug-likeness (QED) is 0.532. The number of ether oxygens (including phenoxy) is 4. The number of aromatic nitrogens is 3. The normalized spacial score (nSPS) is 10.3. The van der Waals surface area contributed by atoms with Crippen molar-refractivity contribution >= 4 is 5.97 Å². The van der Waals surface area contributed by atoms with Crippen LogP contribution < -0.4 is 14.2 Å². The van der Waals surface area contributed by atoms with Crippen LogP contribution in [0.2, 0.25) is 0 Å². The van der Waals surface area contributed by atoms with E-state index in [-0.39, 0.29) is 25.1 Å². The highest BCUT2D eigenvalue weighted by molar-refractivity contribution is 5.74. The smallest absolute Gasteiger partial charge is 0.344 e. The van der Waals surface area contributed by atoms with Crippen molar-refractivity contribution in [3.8, 4) is 34.5 Å². The van der Waals surface area contributed by atoms with Gasteiger partial charge in [-0.25, -0.2) is 14.2 Å². The fourth-order valence-electron chi connectivity index (χ4n) is 2.43. The van der Waals surface area contributed by atoms with Gasteiger partial charge in [-0.15, -0.1) is 0 Å². The summed E-state index contributed by atoms with van der Waals surface area (Å²) in [5.74, 6) is -0.0101. The van der Waals surface area contributed by atoms with Crippen LogP contribution in [-0.2, 0) is 9.53 Å². The van der Waals surface area contributed by atoms with E-state index < -0.39 is 11.8 Å². The highest BCUT2D eigenvalue weighted by Gasteiger charge is 2.14. The third-order valence-corrected chi connectivity index (χ3v) is 3.67. The van der Waals surface area contributed by atoms with E-state index in [1.165, 1.54) is 31.6 Å². The Kier molecular flexibility index (Phi) is 6.51. The Bertz CT molecular complexity index is 982. The lowest BCUT2D eigenvalue weighted by atomic mass is 10.1. The van der Waals surface area contributed by atoms with Crippen LogP contribution in [-0.4, -0.2) is 41.2 Å². The molecule has 1 aromatic carbocycles. The minimum Gasteiger partial charge on any atom is -0.496 e. The van der Waals surface area contributed by atoms with Crippen LogP contribution in [0.15, 0.2) is 48.9 Å². The lowest BCUT2D eigenvalue weighted by Crippen LogP contribution is -2.15. The van der Waals surface area contributed by atoms with E-state index in [9.17, 15) is 9.18 Å². The number of rotatable bonds is 8. The highest BCUT2D eigenvalue weighted by atomic mass is 19.1. The fraction of sp³-hybridized carbons (Fsp3) is 0.200. The summed E-state index contributed by atoms with van der Waals surface area (Å²) >= 11 is 0. The van der Waals surface area contributed by atoms with E-state index in [1.54, 1.807) is 31.3 Å². The first kappa shape index (κ1) is 20.0.